The quantitative estimate of drug-likeness (QED) is 0.464. The molecule has 5 nitrogen and oxygen atoms in total. The van der Waals surface area contributed by atoms with E-state index in [-0.39, 0.29) is 11.7 Å². The summed E-state index contributed by atoms with van der Waals surface area (Å²) >= 11 is 0. The molecule has 174 valence electrons. The fraction of sp³-hybridized carbons (Fsp3) is 0.370. The molecule has 0 saturated carbocycles. The summed E-state index contributed by atoms with van der Waals surface area (Å²) in [6, 6.07) is 13.1. The van der Waals surface area contributed by atoms with Crippen LogP contribution >= 0.6 is 0 Å². The molecule has 33 heavy (non-hydrogen) atoms. The number of aromatic nitrogens is 1. The van der Waals surface area contributed by atoms with Crippen LogP contribution in [0.3, 0.4) is 0 Å². The molecule has 0 aliphatic carbocycles. The van der Waals surface area contributed by atoms with Gasteiger partial charge in [0.2, 0.25) is 0 Å². The molecule has 0 spiro atoms. The first-order valence-corrected chi connectivity index (χ1v) is 11.4. The Balaban J connectivity index is 1.55. The number of halogens is 1. The van der Waals surface area contributed by atoms with E-state index in [1.54, 1.807) is 26.0 Å². The van der Waals surface area contributed by atoms with Crippen molar-refractivity contribution in [1.82, 2.24) is 9.88 Å². The van der Waals surface area contributed by atoms with Crippen LogP contribution in [0.1, 0.15) is 55.0 Å². The molecule has 1 aromatic heterocycles. The van der Waals surface area contributed by atoms with Gasteiger partial charge >= 0.3 is 0 Å². The Labute approximate surface area is 193 Å². The molecule has 1 aliphatic heterocycles. The zero-order valence-electron chi connectivity index (χ0n) is 19.1. The Hall–Kier alpha value is -2.80. The maximum absolute atomic E-state index is 14.8. The molecule has 4 rings (SSSR count). The predicted octanol–water partition coefficient (Wildman–Crippen LogP) is 4.49. The van der Waals surface area contributed by atoms with Crippen molar-refractivity contribution in [2.24, 2.45) is 0 Å². The first kappa shape index (κ1) is 23.4. The number of nitrogens with one attached hydrogen (secondary N) is 1. The van der Waals surface area contributed by atoms with Gasteiger partial charge in [-0.1, -0.05) is 36.4 Å². The minimum absolute atomic E-state index is 0.242. The number of aliphatic hydroxyl groups is 2. The summed E-state index contributed by atoms with van der Waals surface area (Å²) in [6.07, 6.45) is 4.79. The number of likely N-dealkylation sites (tertiary alicyclic amines) is 1. The standard InChI is InChI=1S/C27H31FN2O3/c1-27(2,33)26-25(22-7-3-4-8-24(22)29-26)20-6-5-13-30(16-20)15-19-11-9-18(14-23(19)28)10-12-21(32)17-31/h3-4,7-12,14,20,29,31,33H,5-6,13,15-17H2,1-2H3/b12-10+. The van der Waals surface area contributed by atoms with Crippen LogP contribution in [0.2, 0.25) is 0 Å². The van der Waals surface area contributed by atoms with E-state index in [1.165, 1.54) is 18.2 Å². The molecule has 2 heterocycles. The van der Waals surface area contributed by atoms with Gasteiger partial charge in [-0.05, 0) is 68.5 Å². The number of carbonyl (C=O) groups excluding carboxylic acids is 1. The smallest absolute Gasteiger partial charge is 0.181 e. The van der Waals surface area contributed by atoms with Gasteiger partial charge in [0.25, 0.3) is 0 Å². The van der Waals surface area contributed by atoms with Crippen LogP contribution in [-0.2, 0) is 16.9 Å². The van der Waals surface area contributed by atoms with Gasteiger partial charge in [-0.25, -0.2) is 4.39 Å². The number of aromatic amines is 1. The number of fused-ring (bicyclic) bond motifs is 1. The van der Waals surface area contributed by atoms with Crippen LogP contribution in [0.5, 0.6) is 0 Å². The van der Waals surface area contributed by atoms with Crippen molar-refractivity contribution in [1.29, 1.82) is 0 Å². The van der Waals surface area contributed by atoms with Crippen molar-refractivity contribution in [3.8, 4) is 0 Å². The van der Waals surface area contributed by atoms with E-state index >= 15 is 0 Å². The molecule has 0 bridgehead atoms. The number of ketones is 1. The lowest BCUT2D eigenvalue weighted by atomic mass is 9.85. The molecule has 0 amide bonds. The number of carbonyl (C=O) groups is 1. The number of aliphatic hydroxyl groups excluding tert-OH is 1. The molecule has 1 fully saturated rings. The lowest BCUT2D eigenvalue weighted by molar-refractivity contribution is -0.117. The van der Waals surface area contributed by atoms with E-state index in [0.717, 1.165) is 48.1 Å². The first-order chi connectivity index (χ1) is 15.8. The third-order valence-corrected chi connectivity index (χ3v) is 6.36. The molecule has 3 aromatic rings. The highest BCUT2D eigenvalue weighted by molar-refractivity contribution is 5.94. The fourth-order valence-electron chi connectivity index (χ4n) is 4.78. The van der Waals surface area contributed by atoms with Crippen LogP contribution in [0, 0.1) is 5.82 Å². The van der Waals surface area contributed by atoms with Crippen LogP contribution in [0.25, 0.3) is 17.0 Å². The number of rotatable bonds is 7. The van der Waals surface area contributed by atoms with Gasteiger partial charge in [0.15, 0.2) is 5.78 Å². The van der Waals surface area contributed by atoms with Crippen molar-refractivity contribution in [2.45, 2.75) is 44.8 Å². The number of para-hydroxylation sites is 1. The van der Waals surface area contributed by atoms with Gasteiger partial charge in [-0.3, -0.25) is 9.69 Å². The maximum atomic E-state index is 14.8. The number of hydrogen-bond acceptors (Lipinski definition) is 4. The lowest BCUT2D eigenvalue weighted by Gasteiger charge is -2.34. The summed E-state index contributed by atoms with van der Waals surface area (Å²) in [5.41, 5.74) is 3.26. The molecular weight excluding hydrogens is 419 g/mol. The van der Waals surface area contributed by atoms with E-state index in [0.29, 0.717) is 17.7 Å². The Morgan fingerprint density at radius 2 is 2.06 bits per heavy atom. The Kier molecular flexibility index (Phi) is 6.79. The van der Waals surface area contributed by atoms with E-state index in [1.807, 2.05) is 18.2 Å². The van der Waals surface area contributed by atoms with Crippen LogP contribution < -0.4 is 0 Å². The van der Waals surface area contributed by atoms with Gasteiger partial charge < -0.3 is 15.2 Å². The largest absolute Gasteiger partial charge is 0.388 e. The van der Waals surface area contributed by atoms with Gasteiger partial charge in [-0.15, -0.1) is 0 Å². The maximum Gasteiger partial charge on any atom is 0.181 e. The minimum Gasteiger partial charge on any atom is -0.388 e. The van der Waals surface area contributed by atoms with Crippen molar-refractivity contribution >= 4 is 22.8 Å². The highest BCUT2D eigenvalue weighted by Crippen LogP contribution is 2.39. The van der Waals surface area contributed by atoms with Crippen LogP contribution in [-0.4, -0.2) is 45.6 Å². The number of benzene rings is 2. The normalized spacial score (nSPS) is 17.8. The van der Waals surface area contributed by atoms with E-state index in [2.05, 4.69) is 16.0 Å². The summed E-state index contributed by atoms with van der Waals surface area (Å²) in [5.74, 6) is -0.479. The van der Waals surface area contributed by atoms with Gasteiger partial charge in [0.1, 0.15) is 12.4 Å². The number of hydrogen-bond donors (Lipinski definition) is 3. The third kappa shape index (κ3) is 5.24. The Morgan fingerprint density at radius 3 is 2.79 bits per heavy atom. The molecule has 1 atom stereocenters. The van der Waals surface area contributed by atoms with E-state index in [9.17, 15) is 14.3 Å². The average Bonchev–Trinajstić information content (AvgIpc) is 3.19. The van der Waals surface area contributed by atoms with Crippen molar-refractivity contribution in [3.63, 3.8) is 0 Å². The zero-order valence-corrected chi connectivity index (χ0v) is 19.1. The highest BCUT2D eigenvalue weighted by Gasteiger charge is 2.31. The molecular formula is C27H31FN2O3. The number of H-pyrrole nitrogens is 1. The van der Waals surface area contributed by atoms with Gasteiger partial charge in [-0.2, -0.15) is 0 Å². The summed E-state index contributed by atoms with van der Waals surface area (Å²) in [4.78, 5) is 16.9. The lowest BCUT2D eigenvalue weighted by Crippen LogP contribution is -2.35. The second-order valence-electron chi connectivity index (χ2n) is 9.40. The predicted molar refractivity (Wildman–Crippen MR) is 128 cm³/mol. The summed E-state index contributed by atoms with van der Waals surface area (Å²) in [7, 11) is 0. The molecule has 6 heteroatoms. The first-order valence-electron chi connectivity index (χ1n) is 11.4. The third-order valence-electron chi connectivity index (χ3n) is 6.36. The number of piperidine rings is 1. The monoisotopic (exact) mass is 450 g/mol. The van der Waals surface area contributed by atoms with Crippen LogP contribution in [0.15, 0.2) is 48.5 Å². The molecule has 0 radical (unpaired) electrons. The average molecular weight is 451 g/mol. The molecule has 3 N–H and O–H groups in total. The van der Waals surface area contributed by atoms with Gasteiger partial charge in [0.05, 0.1) is 11.3 Å². The summed E-state index contributed by atoms with van der Waals surface area (Å²) in [5, 5.41) is 20.8. The van der Waals surface area contributed by atoms with Gasteiger partial charge in [0, 0.05) is 29.6 Å². The number of nitrogens with zero attached hydrogens (tertiary/aromatic N) is 1. The van der Waals surface area contributed by atoms with Crippen molar-refractivity contribution in [3.05, 3.63) is 76.7 Å². The summed E-state index contributed by atoms with van der Waals surface area (Å²) < 4.78 is 14.8. The molecule has 1 saturated heterocycles. The van der Waals surface area contributed by atoms with Crippen molar-refractivity contribution < 1.29 is 19.4 Å². The minimum atomic E-state index is -0.983. The SMILES string of the molecule is CC(C)(O)c1[nH]c2ccccc2c1C1CCCN(Cc2ccc(/C=C/C(=O)CO)cc2F)C1. The molecule has 1 unspecified atom stereocenters. The summed E-state index contributed by atoms with van der Waals surface area (Å²) in [6.45, 7) is 5.24. The second-order valence-corrected chi connectivity index (χ2v) is 9.40. The molecule has 1 aliphatic rings. The van der Waals surface area contributed by atoms with E-state index in [4.69, 9.17) is 5.11 Å². The Bertz CT molecular complexity index is 1180. The Morgan fingerprint density at radius 1 is 1.27 bits per heavy atom. The fourth-order valence-corrected chi connectivity index (χ4v) is 4.78. The molecule has 2 aromatic carbocycles. The van der Waals surface area contributed by atoms with E-state index < -0.39 is 18.0 Å². The second kappa shape index (κ2) is 9.59. The van der Waals surface area contributed by atoms with Crippen LogP contribution in [0.4, 0.5) is 4.39 Å². The topological polar surface area (TPSA) is 76.6 Å². The van der Waals surface area contributed by atoms with Crippen molar-refractivity contribution in [2.75, 3.05) is 19.7 Å². The zero-order chi connectivity index (χ0) is 23.6. The highest BCUT2D eigenvalue weighted by atomic mass is 19.1.